The van der Waals surface area contributed by atoms with Crippen LogP contribution in [0.1, 0.15) is 50.4 Å². The van der Waals surface area contributed by atoms with E-state index in [0.717, 1.165) is 0 Å². The minimum absolute atomic E-state index is 0.0633. The number of aromatic nitrogens is 1. The van der Waals surface area contributed by atoms with E-state index in [9.17, 15) is 5.26 Å². The predicted octanol–water partition coefficient (Wildman–Crippen LogP) is 2.43. The van der Waals surface area contributed by atoms with Gasteiger partial charge >= 0.3 is 0 Å². The molecule has 0 fully saturated rings. The van der Waals surface area contributed by atoms with Gasteiger partial charge in [-0.1, -0.05) is 27.7 Å². The molecule has 0 aromatic carbocycles. The molecule has 5 heteroatoms. The zero-order valence-corrected chi connectivity index (χ0v) is 11.1. The highest BCUT2D eigenvalue weighted by Gasteiger charge is 2.22. The molecular weight excluding hydrogens is 226 g/mol. The molecule has 0 bridgehead atoms. The predicted molar refractivity (Wildman–Crippen MR) is 71.1 cm³/mol. The second kappa shape index (κ2) is 5.37. The van der Waals surface area contributed by atoms with Crippen molar-refractivity contribution in [3.63, 3.8) is 0 Å². The van der Waals surface area contributed by atoms with Crippen LogP contribution < -0.4 is 5.73 Å². The second-order valence-corrected chi connectivity index (χ2v) is 4.72. The first-order chi connectivity index (χ1) is 8.43. The molecule has 2 N–H and O–H groups in total. The topological polar surface area (TPSA) is 90.9 Å². The van der Waals surface area contributed by atoms with Gasteiger partial charge in [0.1, 0.15) is 23.5 Å². The number of hydrogen-bond donors (Lipinski definition) is 1. The van der Waals surface area contributed by atoms with Crippen molar-refractivity contribution in [1.29, 1.82) is 10.5 Å². The smallest absolute Gasteiger partial charge is 0.144 e. The number of anilines is 1. The Morgan fingerprint density at radius 1 is 1.17 bits per heavy atom. The fourth-order valence-electron chi connectivity index (χ4n) is 1.68. The Hall–Kier alpha value is -2.27. The zero-order chi connectivity index (χ0) is 13.9. The van der Waals surface area contributed by atoms with E-state index in [0.29, 0.717) is 11.3 Å². The van der Waals surface area contributed by atoms with Crippen LogP contribution in [0, 0.1) is 28.6 Å². The van der Waals surface area contributed by atoms with Crippen LogP contribution >= 0.6 is 0 Å². The summed E-state index contributed by atoms with van der Waals surface area (Å²) in [6.07, 6.45) is 1.74. The van der Waals surface area contributed by atoms with Crippen molar-refractivity contribution in [2.24, 2.45) is 11.0 Å². The molecule has 0 amide bonds. The lowest BCUT2D eigenvalue weighted by atomic mass is 10.0. The molecule has 0 saturated heterocycles. The Morgan fingerprint density at radius 3 is 2.11 bits per heavy atom. The Balaban J connectivity index is 3.56. The minimum Gasteiger partial charge on any atom is -0.383 e. The van der Waals surface area contributed by atoms with E-state index in [4.69, 9.17) is 11.0 Å². The third-order valence-electron chi connectivity index (χ3n) is 2.47. The average Bonchev–Trinajstić information content (AvgIpc) is 2.58. The summed E-state index contributed by atoms with van der Waals surface area (Å²) in [6.45, 7) is 7.87. The second-order valence-electron chi connectivity index (χ2n) is 4.72. The van der Waals surface area contributed by atoms with Gasteiger partial charge in [0.15, 0.2) is 0 Å². The van der Waals surface area contributed by atoms with Gasteiger partial charge in [-0.25, -0.2) is 4.68 Å². The van der Waals surface area contributed by atoms with Gasteiger partial charge < -0.3 is 5.73 Å². The summed E-state index contributed by atoms with van der Waals surface area (Å²) in [4.78, 5) is 0. The maximum atomic E-state index is 9.17. The van der Waals surface area contributed by atoms with Gasteiger partial charge in [-0.05, 0) is 11.8 Å². The average molecular weight is 243 g/mol. The third-order valence-corrected chi connectivity index (χ3v) is 2.47. The summed E-state index contributed by atoms with van der Waals surface area (Å²) in [5.74, 6) is 0.561. The van der Waals surface area contributed by atoms with Crippen molar-refractivity contribution in [2.45, 2.75) is 33.6 Å². The van der Waals surface area contributed by atoms with Gasteiger partial charge in [-0.15, -0.1) is 0 Å². The van der Waals surface area contributed by atoms with Crippen molar-refractivity contribution in [3.05, 3.63) is 16.8 Å². The van der Waals surface area contributed by atoms with Crippen LogP contribution in [-0.4, -0.2) is 10.9 Å². The Labute approximate surface area is 107 Å². The number of nitrogens with two attached hydrogens (primary N) is 1. The lowest BCUT2D eigenvalue weighted by molar-refractivity contribution is 0.725. The Bertz CT molecular complexity index is 549. The summed E-state index contributed by atoms with van der Waals surface area (Å²) in [5, 5.41) is 22.5. The maximum absolute atomic E-state index is 9.17. The standard InChI is InChI=1S/C13H17N5/c1-8(2)7-17-18-12(9(3)4)10(5-14)11(6-15)13(18)16/h7-9H,16H2,1-4H3/b17-7+. The van der Waals surface area contributed by atoms with E-state index in [1.807, 2.05) is 39.8 Å². The summed E-state index contributed by atoms with van der Waals surface area (Å²) >= 11 is 0. The lowest BCUT2D eigenvalue weighted by Crippen LogP contribution is -2.05. The molecule has 1 heterocycles. The van der Waals surface area contributed by atoms with E-state index in [1.54, 1.807) is 6.21 Å². The normalized spacial score (nSPS) is 11.1. The molecule has 1 aromatic rings. The highest BCUT2D eigenvalue weighted by atomic mass is 15.4. The molecule has 0 aliphatic carbocycles. The number of nitriles is 2. The molecule has 0 aliphatic rings. The first-order valence-electron chi connectivity index (χ1n) is 5.82. The summed E-state index contributed by atoms with van der Waals surface area (Å²) < 4.78 is 1.50. The van der Waals surface area contributed by atoms with Gasteiger partial charge in [0.05, 0.1) is 11.3 Å². The van der Waals surface area contributed by atoms with Crippen molar-refractivity contribution >= 4 is 12.0 Å². The molecule has 0 spiro atoms. The van der Waals surface area contributed by atoms with Crippen molar-refractivity contribution in [2.75, 3.05) is 5.73 Å². The number of nitrogens with zero attached hydrogens (tertiary/aromatic N) is 4. The first kappa shape index (κ1) is 13.8. The molecule has 5 nitrogen and oxygen atoms in total. The van der Waals surface area contributed by atoms with Crippen LogP contribution in [0.3, 0.4) is 0 Å². The molecular formula is C13H17N5. The molecule has 1 rings (SSSR count). The molecule has 94 valence electrons. The lowest BCUT2D eigenvalue weighted by Gasteiger charge is -2.08. The molecule has 1 aromatic heterocycles. The summed E-state index contributed by atoms with van der Waals surface area (Å²) in [7, 11) is 0. The zero-order valence-electron chi connectivity index (χ0n) is 11.1. The number of hydrogen-bond acceptors (Lipinski definition) is 4. The first-order valence-corrected chi connectivity index (χ1v) is 5.82. The minimum atomic E-state index is 0.0633. The quantitative estimate of drug-likeness (QED) is 0.826. The Kier molecular flexibility index (Phi) is 4.12. The highest BCUT2D eigenvalue weighted by Crippen LogP contribution is 2.29. The summed E-state index contributed by atoms with van der Waals surface area (Å²) in [6, 6.07) is 4.02. The van der Waals surface area contributed by atoms with Crippen molar-refractivity contribution < 1.29 is 0 Å². The maximum Gasteiger partial charge on any atom is 0.144 e. The molecule has 0 aliphatic heterocycles. The molecule has 0 radical (unpaired) electrons. The van der Waals surface area contributed by atoms with Crippen LogP contribution in [0.15, 0.2) is 5.10 Å². The van der Waals surface area contributed by atoms with E-state index >= 15 is 0 Å². The van der Waals surface area contributed by atoms with Gasteiger partial charge in [0, 0.05) is 6.21 Å². The fraction of sp³-hybridized carbons (Fsp3) is 0.462. The van der Waals surface area contributed by atoms with Crippen LogP contribution in [0.5, 0.6) is 0 Å². The monoisotopic (exact) mass is 243 g/mol. The molecule has 0 saturated carbocycles. The molecule has 0 atom stereocenters. The third kappa shape index (κ3) is 2.36. The van der Waals surface area contributed by atoms with E-state index in [1.165, 1.54) is 4.68 Å². The fourth-order valence-corrected chi connectivity index (χ4v) is 1.68. The van der Waals surface area contributed by atoms with Crippen molar-refractivity contribution in [1.82, 2.24) is 4.68 Å². The number of rotatable bonds is 3. The van der Waals surface area contributed by atoms with Crippen LogP contribution in [-0.2, 0) is 0 Å². The number of nitrogen functional groups attached to an aromatic ring is 1. The largest absolute Gasteiger partial charge is 0.383 e. The SMILES string of the molecule is CC(C)/C=N/n1c(N)c(C#N)c(C#N)c1C(C)C. The van der Waals surface area contributed by atoms with Crippen LogP contribution in [0.25, 0.3) is 0 Å². The van der Waals surface area contributed by atoms with Gasteiger partial charge in [0.25, 0.3) is 0 Å². The van der Waals surface area contributed by atoms with Gasteiger partial charge in [-0.3, -0.25) is 0 Å². The van der Waals surface area contributed by atoms with Gasteiger partial charge in [0.2, 0.25) is 0 Å². The van der Waals surface area contributed by atoms with Gasteiger partial charge in [-0.2, -0.15) is 15.6 Å². The van der Waals surface area contributed by atoms with E-state index in [-0.39, 0.29) is 23.2 Å². The van der Waals surface area contributed by atoms with Crippen molar-refractivity contribution in [3.8, 4) is 12.1 Å². The Morgan fingerprint density at radius 2 is 1.72 bits per heavy atom. The molecule has 18 heavy (non-hydrogen) atoms. The summed E-state index contributed by atoms with van der Waals surface area (Å²) in [5.41, 5.74) is 7.11. The highest BCUT2D eigenvalue weighted by molar-refractivity contribution is 5.66. The molecule has 0 unspecified atom stereocenters. The van der Waals surface area contributed by atoms with E-state index in [2.05, 4.69) is 5.10 Å². The van der Waals surface area contributed by atoms with E-state index < -0.39 is 0 Å². The van der Waals surface area contributed by atoms with Crippen LogP contribution in [0.2, 0.25) is 0 Å². The van der Waals surface area contributed by atoms with Crippen LogP contribution in [0.4, 0.5) is 5.82 Å².